The van der Waals surface area contributed by atoms with Crippen molar-refractivity contribution in [3.8, 4) is 0 Å². The van der Waals surface area contributed by atoms with Crippen molar-refractivity contribution in [1.82, 2.24) is 14.8 Å². The van der Waals surface area contributed by atoms with E-state index in [1.165, 1.54) is 34.5 Å². The van der Waals surface area contributed by atoms with Gasteiger partial charge in [0, 0.05) is 12.3 Å². The number of aromatic carboxylic acids is 1. The number of H-pyrrole nitrogens is 1. The van der Waals surface area contributed by atoms with Crippen LogP contribution in [0.15, 0.2) is 28.2 Å². The lowest BCUT2D eigenvalue weighted by Gasteiger charge is -2.06. The first-order valence-electron chi connectivity index (χ1n) is 6.33. The standard InChI is InChI=1S/C13H14FN3O3S/c1-2-6-17-12(20)15-16-13(17)21-7-8-4-3-5-9(10(8)14)11(18)19/h3-5H,2,6-7H2,1H3,(H,15,20)(H,18,19). The summed E-state index contributed by atoms with van der Waals surface area (Å²) in [5.41, 5.74) is -0.404. The molecule has 0 amide bonds. The minimum Gasteiger partial charge on any atom is -0.478 e. The molecule has 0 atom stereocenters. The van der Waals surface area contributed by atoms with Crippen LogP contribution in [-0.4, -0.2) is 25.8 Å². The number of carboxylic acids is 1. The van der Waals surface area contributed by atoms with Gasteiger partial charge in [-0.2, -0.15) is 0 Å². The average Bonchev–Trinajstić information content (AvgIpc) is 2.79. The van der Waals surface area contributed by atoms with Gasteiger partial charge in [0.1, 0.15) is 5.82 Å². The fourth-order valence-corrected chi connectivity index (χ4v) is 2.78. The number of benzene rings is 1. The molecule has 0 spiro atoms. The number of rotatable bonds is 6. The smallest absolute Gasteiger partial charge is 0.343 e. The van der Waals surface area contributed by atoms with Gasteiger partial charge in [0.15, 0.2) is 5.16 Å². The Bertz CT molecular complexity index is 711. The first kappa shape index (κ1) is 15.3. The van der Waals surface area contributed by atoms with Crippen LogP contribution in [0.4, 0.5) is 4.39 Å². The maximum atomic E-state index is 14.0. The molecule has 1 aromatic heterocycles. The third-order valence-corrected chi connectivity index (χ3v) is 3.86. The van der Waals surface area contributed by atoms with Gasteiger partial charge in [-0.25, -0.2) is 19.1 Å². The number of carboxylic acid groups (broad SMARTS) is 1. The molecular weight excluding hydrogens is 297 g/mol. The predicted molar refractivity (Wildman–Crippen MR) is 76.1 cm³/mol. The molecule has 0 unspecified atom stereocenters. The number of thioether (sulfide) groups is 1. The van der Waals surface area contributed by atoms with Gasteiger partial charge in [0.05, 0.1) is 5.56 Å². The van der Waals surface area contributed by atoms with Crippen molar-refractivity contribution >= 4 is 17.7 Å². The fourth-order valence-electron chi connectivity index (χ4n) is 1.83. The fraction of sp³-hybridized carbons (Fsp3) is 0.308. The topological polar surface area (TPSA) is 88.0 Å². The van der Waals surface area contributed by atoms with Crippen molar-refractivity contribution < 1.29 is 14.3 Å². The predicted octanol–water partition coefficient (Wildman–Crippen LogP) is 2.11. The van der Waals surface area contributed by atoms with Crippen molar-refractivity contribution in [2.45, 2.75) is 30.8 Å². The highest BCUT2D eigenvalue weighted by molar-refractivity contribution is 7.98. The monoisotopic (exact) mass is 311 g/mol. The Morgan fingerprint density at radius 2 is 2.29 bits per heavy atom. The highest BCUT2D eigenvalue weighted by atomic mass is 32.2. The Hall–Kier alpha value is -2.09. The zero-order chi connectivity index (χ0) is 15.4. The Morgan fingerprint density at radius 3 is 2.95 bits per heavy atom. The molecule has 2 rings (SSSR count). The third kappa shape index (κ3) is 3.33. The van der Waals surface area contributed by atoms with Crippen LogP contribution >= 0.6 is 11.8 Å². The van der Waals surface area contributed by atoms with E-state index in [0.717, 1.165) is 6.42 Å². The van der Waals surface area contributed by atoms with E-state index in [0.29, 0.717) is 11.7 Å². The van der Waals surface area contributed by atoms with E-state index in [1.54, 1.807) is 0 Å². The zero-order valence-electron chi connectivity index (χ0n) is 11.3. The maximum absolute atomic E-state index is 14.0. The molecule has 2 N–H and O–H groups in total. The molecular formula is C13H14FN3O3S. The molecule has 0 aliphatic rings. The zero-order valence-corrected chi connectivity index (χ0v) is 12.1. The molecule has 2 aromatic rings. The second kappa shape index (κ2) is 6.57. The normalized spacial score (nSPS) is 10.8. The van der Waals surface area contributed by atoms with E-state index < -0.39 is 11.8 Å². The number of carbonyl (C=O) groups is 1. The van der Waals surface area contributed by atoms with Gasteiger partial charge in [-0.15, -0.1) is 5.10 Å². The molecule has 6 nitrogen and oxygen atoms in total. The molecule has 0 saturated carbocycles. The summed E-state index contributed by atoms with van der Waals surface area (Å²) in [5, 5.41) is 15.6. The Balaban J connectivity index is 2.19. The summed E-state index contributed by atoms with van der Waals surface area (Å²) in [6, 6.07) is 4.23. The van der Waals surface area contributed by atoms with Crippen LogP contribution in [0.5, 0.6) is 0 Å². The molecule has 1 heterocycles. The molecule has 0 radical (unpaired) electrons. The van der Waals surface area contributed by atoms with E-state index in [1.807, 2.05) is 6.92 Å². The summed E-state index contributed by atoms with van der Waals surface area (Å²) in [4.78, 5) is 22.4. The summed E-state index contributed by atoms with van der Waals surface area (Å²) >= 11 is 1.18. The van der Waals surface area contributed by atoms with Gasteiger partial charge in [0.2, 0.25) is 0 Å². The van der Waals surface area contributed by atoms with Crippen molar-refractivity contribution in [2.24, 2.45) is 0 Å². The molecule has 0 fully saturated rings. The van der Waals surface area contributed by atoms with E-state index in [-0.39, 0.29) is 22.6 Å². The molecule has 21 heavy (non-hydrogen) atoms. The van der Waals surface area contributed by atoms with Crippen molar-refractivity contribution in [3.63, 3.8) is 0 Å². The molecule has 1 aromatic carbocycles. The summed E-state index contributed by atoms with van der Waals surface area (Å²) in [6.07, 6.45) is 0.774. The van der Waals surface area contributed by atoms with Gasteiger partial charge < -0.3 is 5.11 Å². The van der Waals surface area contributed by atoms with Gasteiger partial charge in [0.25, 0.3) is 0 Å². The van der Waals surface area contributed by atoms with Crippen molar-refractivity contribution in [3.05, 3.63) is 45.6 Å². The Morgan fingerprint density at radius 1 is 1.52 bits per heavy atom. The summed E-state index contributed by atoms with van der Waals surface area (Å²) < 4.78 is 15.5. The first-order valence-corrected chi connectivity index (χ1v) is 7.31. The van der Waals surface area contributed by atoms with Crippen LogP contribution in [0.25, 0.3) is 0 Å². The highest BCUT2D eigenvalue weighted by Crippen LogP contribution is 2.23. The molecule has 0 aliphatic heterocycles. The second-order valence-electron chi connectivity index (χ2n) is 4.34. The number of nitrogens with zero attached hydrogens (tertiary/aromatic N) is 2. The molecule has 112 valence electrons. The lowest BCUT2D eigenvalue weighted by Crippen LogP contribution is -2.17. The van der Waals surface area contributed by atoms with Gasteiger partial charge in [-0.1, -0.05) is 30.8 Å². The molecule has 8 heteroatoms. The van der Waals surface area contributed by atoms with Crippen LogP contribution in [0.2, 0.25) is 0 Å². The Kier molecular flexibility index (Phi) is 4.79. The van der Waals surface area contributed by atoms with E-state index in [9.17, 15) is 14.0 Å². The van der Waals surface area contributed by atoms with Crippen LogP contribution in [-0.2, 0) is 12.3 Å². The van der Waals surface area contributed by atoms with Crippen LogP contribution < -0.4 is 5.69 Å². The summed E-state index contributed by atoms with van der Waals surface area (Å²) in [5.74, 6) is -1.86. The summed E-state index contributed by atoms with van der Waals surface area (Å²) in [7, 11) is 0. The lowest BCUT2D eigenvalue weighted by atomic mass is 10.1. The number of hydrogen-bond donors (Lipinski definition) is 2. The first-order chi connectivity index (χ1) is 10.0. The van der Waals surface area contributed by atoms with Crippen LogP contribution in [0.1, 0.15) is 29.3 Å². The largest absolute Gasteiger partial charge is 0.478 e. The molecule has 0 saturated heterocycles. The quantitative estimate of drug-likeness (QED) is 0.798. The second-order valence-corrected chi connectivity index (χ2v) is 5.28. The third-order valence-electron chi connectivity index (χ3n) is 2.84. The van der Waals surface area contributed by atoms with Crippen molar-refractivity contribution in [2.75, 3.05) is 0 Å². The van der Waals surface area contributed by atoms with Gasteiger partial charge >= 0.3 is 11.7 Å². The van der Waals surface area contributed by atoms with Gasteiger partial charge in [-0.3, -0.25) is 4.57 Å². The van der Waals surface area contributed by atoms with Crippen LogP contribution in [0.3, 0.4) is 0 Å². The van der Waals surface area contributed by atoms with E-state index >= 15 is 0 Å². The average molecular weight is 311 g/mol. The molecule has 0 aliphatic carbocycles. The minimum absolute atomic E-state index is 0.195. The highest BCUT2D eigenvalue weighted by Gasteiger charge is 2.15. The van der Waals surface area contributed by atoms with E-state index in [2.05, 4.69) is 10.2 Å². The van der Waals surface area contributed by atoms with E-state index in [4.69, 9.17) is 5.11 Å². The maximum Gasteiger partial charge on any atom is 0.343 e. The number of aromatic nitrogens is 3. The number of halogens is 1. The van der Waals surface area contributed by atoms with Crippen molar-refractivity contribution in [1.29, 1.82) is 0 Å². The summed E-state index contributed by atoms with van der Waals surface area (Å²) in [6.45, 7) is 2.46. The minimum atomic E-state index is -1.30. The number of hydrogen-bond acceptors (Lipinski definition) is 4. The number of nitrogens with one attached hydrogen (secondary N) is 1. The molecule has 0 bridgehead atoms. The van der Waals surface area contributed by atoms with Crippen LogP contribution in [0, 0.1) is 5.82 Å². The SMILES string of the molecule is CCCn1c(SCc2cccc(C(=O)O)c2F)n[nH]c1=O. The Labute approximate surface area is 124 Å². The lowest BCUT2D eigenvalue weighted by molar-refractivity contribution is 0.0691. The van der Waals surface area contributed by atoms with Gasteiger partial charge in [-0.05, 0) is 18.1 Å². The number of aromatic amines is 1.